The third-order valence-corrected chi connectivity index (χ3v) is 5.07. The van der Waals surface area contributed by atoms with Crippen LogP contribution in [0.15, 0.2) is 54.6 Å². The van der Waals surface area contributed by atoms with Crippen LogP contribution in [0.2, 0.25) is 0 Å². The molecule has 0 aliphatic carbocycles. The number of benzene rings is 2. The van der Waals surface area contributed by atoms with E-state index in [1.807, 2.05) is 18.2 Å². The Morgan fingerprint density at radius 1 is 1.07 bits per heavy atom. The summed E-state index contributed by atoms with van der Waals surface area (Å²) in [5.41, 5.74) is 1.78. The standard InChI is InChI=1S/C21H23NO4S/c1-15(23)27-14-18(11-5-9-16-7-3-2-4-8-16)20(24)22-19-12-6-10-17(13-19)21(25)26/h2-4,6-8,10,12-13,18H,5,9,11,14H2,1H3,(H,22,24)(H,25,26). The summed E-state index contributed by atoms with van der Waals surface area (Å²) >= 11 is 1.14. The molecule has 1 atom stereocenters. The Morgan fingerprint density at radius 3 is 2.48 bits per heavy atom. The highest BCUT2D eigenvalue weighted by Gasteiger charge is 2.20. The van der Waals surface area contributed by atoms with Crippen LogP contribution in [-0.2, 0) is 16.0 Å². The monoisotopic (exact) mass is 385 g/mol. The van der Waals surface area contributed by atoms with Crippen LogP contribution in [0.1, 0.15) is 35.7 Å². The van der Waals surface area contributed by atoms with Crippen LogP contribution in [0, 0.1) is 5.92 Å². The van der Waals surface area contributed by atoms with Crippen LogP contribution >= 0.6 is 11.8 Å². The van der Waals surface area contributed by atoms with Crippen molar-refractivity contribution in [3.05, 3.63) is 65.7 Å². The van der Waals surface area contributed by atoms with Gasteiger partial charge in [0.2, 0.25) is 5.91 Å². The molecule has 0 radical (unpaired) electrons. The predicted octanol–water partition coefficient (Wildman–Crippen LogP) is 4.24. The number of carboxylic acid groups (broad SMARTS) is 1. The van der Waals surface area contributed by atoms with E-state index >= 15 is 0 Å². The maximum Gasteiger partial charge on any atom is 0.335 e. The Balaban J connectivity index is 1.98. The lowest BCUT2D eigenvalue weighted by molar-refractivity contribution is -0.119. The second-order valence-corrected chi connectivity index (χ2v) is 7.45. The number of nitrogens with one attached hydrogen (secondary N) is 1. The van der Waals surface area contributed by atoms with Gasteiger partial charge in [-0.25, -0.2) is 4.79 Å². The van der Waals surface area contributed by atoms with E-state index in [2.05, 4.69) is 17.4 Å². The Labute approximate surface area is 163 Å². The fourth-order valence-electron chi connectivity index (χ4n) is 2.68. The fourth-order valence-corrected chi connectivity index (χ4v) is 3.43. The topological polar surface area (TPSA) is 83.5 Å². The summed E-state index contributed by atoms with van der Waals surface area (Å²) in [6.07, 6.45) is 2.35. The summed E-state index contributed by atoms with van der Waals surface area (Å²) in [6, 6.07) is 16.2. The predicted molar refractivity (Wildman–Crippen MR) is 108 cm³/mol. The summed E-state index contributed by atoms with van der Waals surface area (Å²) < 4.78 is 0. The van der Waals surface area contributed by atoms with Crippen LogP contribution in [0.4, 0.5) is 5.69 Å². The first-order valence-corrected chi connectivity index (χ1v) is 9.76. The quantitative estimate of drug-likeness (QED) is 0.674. The number of carboxylic acids is 1. The molecule has 2 rings (SSSR count). The second kappa shape index (κ2) is 10.5. The van der Waals surface area contributed by atoms with Gasteiger partial charge >= 0.3 is 5.97 Å². The maximum atomic E-state index is 12.7. The number of aryl methyl sites for hydroxylation is 1. The summed E-state index contributed by atoms with van der Waals surface area (Å²) in [5.74, 6) is -1.15. The van der Waals surface area contributed by atoms with E-state index in [1.54, 1.807) is 12.1 Å². The first-order chi connectivity index (χ1) is 13.0. The lowest BCUT2D eigenvalue weighted by Crippen LogP contribution is -2.25. The number of anilines is 1. The average molecular weight is 385 g/mol. The van der Waals surface area contributed by atoms with Crippen LogP contribution in [0.25, 0.3) is 0 Å². The molecular formula is C21H23NO4S. The van der Waals surface area contributed by atoms with Crippen molar-refractivity contribution in [3.8, 4) is 0 Å². The Kier molecular flexibility index (Phi) is 8.07. The van der Waals surface area contributed by atoms with E-state index in [-0.39, 0.29) is 22.5 Å². The zero-order valence-electron chi connectivity index (χ0n) is 15.2. The summed E-state index contributed by atoms with van der Waals surface area (Å²) in [4.78, 5) is 35.0. The molecule has 2 N–H and O–H groups in total. The molecule has 5 nitrogen and oxygen atoms in total. The lowest BCUT2D eigenvalue weighted by Gasteiger charge is -2.16. The number of hydrogen-bond donors (Lipinski definition) is 2. The minimum absolute atomic E-state index is 0.0243. The number of aromatic carboxylic acids is 1. The summed E-state index contributed by atoms with van der Waals surface area (Å²) in [6.45, 7) is 1.49. The van der Waals surface area contributed by atoms with Crippen LogP contribution < -0.4 is 5.32 Å². The highest BCUT2D eigenvalue weighted by atomic mass is 32.2. The van der Waals surface area contributed by atoms with Crippen molar-refractivity contribution in [3.63, 3.8) is 0 Å². The second-order valence-electron chi connectivity index (χ2n) is 6.25. The minimum atomic E-state index is -1.04. The zero-order valence-corrected chi connectivity index (χ0v) is 16.0. The van der Waals surface area contributed by atoms with Gasteiger partial charge in [-0.2, -0.15) is 0 Å². The van der Waals surface area contributed by atoms with Gasteiger partial charge in [-0.15, -0.1) is 0 Å². The van der Waals surface area contributed by atoms with Crippen molar-refractivity contribution in [2.45, 2.75) is 26.2 Å². The SMILES string of the molecule is CC(=O)SCC(CCCc1ccccc1)C(=O)Nc1cccc(C(=O)O)c1. The molecule has 0 aliphatic rings. The van der Waals surface area contributed by atoms with E-state index in [1.165, 1.54) is 24.6 Å². The van der Waals surface area contributed by atoms with Crippen molar-refractivity contribution in [1.82, 2.24) is 0 Å². The van der Waals surface area contributed by atoms with Gasteiger partial charge < -0.3 is 10.4 Å². The van der Waals surface area contributed by atoms with E-state index in [0.29, 0.717) is 17.9 Å². The maximum absolute atomic E-state index is 12.7. The first kappa shape index (κ1) is 20.7. The number of carbonyl (C=O) groups excluding carboxylic acids is 2. The number of carbonyl (C=O) groups is 3. The van der Waals surface area contributed by atoms with E-state index in [9.17, 15) is 14.4 Å². The molecule has 1 unspecified atom stereocenters. The highest BCUT2D eigenvalue weighted by molar-refractivity contribution is 8.13. The Morgan fingerprint density at radius 2 is 1.81 bits per heavy atom. The molecule has 0 aliphatic heterocycles. The molecule has 0 saturated heterocycles. The van der Waals surface area contributed by atoms with Gasteiger partial charge in [0.1, 0.15) is 0 Å². The third-order valence-electron chi connectivity index (χ3n) is 4.10. The molecule has 0 saturated carbocycles. The van der Waals surface area contributed by atoms with Crippen LogP contribution in [0.5, 0.6) is 0 Å². The molecule has 2 aromatic carbocycles. The molecule has 6 heteroatoms. The van der Waals surface area contributed by atoms with Gasteiger partial charge in [-0.05, 0) is 43.0 Å². The number of thioether (sulfide) groups is 1. The van der Waals surface area contributed by atoms with Gasteiger partial charge in [0.05, 0.1) is 5.56 Å². The fraction of sp³-hybridized carbons (Fsp3) is 0.286. The molecule has 1 amide bonds. The smallest absolute Gasteiger partial charge is 0.335 e. The van der Waals surface area contributed by atoms with Crippen molar-refractivity contribution in [1.29, 1.82) is 0 Å². The lowest BCUT2D eigenvalue weighted by atomic mass is 10.00. The molecule has 0 bridgehead atoms. The Bertz CT molecular complexity index is 792. The Hall–Kier alpha value is -2.60. The van der Waals surface area contributed by atoms with Crippen molar-refractivity contribution < 1.29 is 19.5 Å². The largest absolute Gasteiger partial charge is 0.478 e. The molecule has 142 valence electrons. The number of amides is 1. The van der Waals surface area contributed by atoms with Crippen LogP contribution in [0.3, 0.4) is 0 Å². The van der Waals surface area contributed by atoms with Gasteiger partial charge in [0, 0.05) is 24.3 Å². The third kappa shape index (κ3) is 7.27. The number of hydrogen-bond acceptors (Lipinski definition) is 4. The molecule has 0 fully saturated rings. The van der Waals surface area contributed by atoms with Gasteiger partial charge in [0.15, 0.2) is 5.12 Å². The van der Waals surface area contributed by atoms with Crippen molar-refractivity contribution >= 4 is 34.4 Å². The molecule has 2 aromatic rings. The van der Waals surface area contributed by atoms with Gasteiger partial charge in [-0.3, -0.25) is 9.59 Å². The normalized spacial score (nSPS) is 11.6. The molecule has 27 heavy (non-hydrogen) atoms. The van der Waals surface area contributed by atoms with Gasteiger partial charge in [-0.1, -0.05) is 48.2 Å². The van der Waals surface area contributed by atoms with E-state index in [0.717, 1.165) is 24.6 Å². The van der Waals surface area contributed by atoms with Crippen molar-refractivity contribution in [2.75, 3.05) is 11.1 Å². The first-order valence-electron chi connectivity index (χ1n) is 8.77. The zero-order chi connectivity index (χ0) is 19.6. The average Bonchev–Trinajstić information content (AvgIpc) is 2.65. The van der Waals surface area contributed by atoms with Crippen LogP contribution in [-0.4, -0.2) is 27.9 Å². The van der Waals surface area contributed by atoms with Crippen molar-refractivity contribution in [2.24, 2.45) is 5.92 Å². The number of rotatable bonds is 9. The van der Waals surface area contributed by atoms with E-state index < -0.39 is 5.97 Å². The minimum Gasteiger partial charge on any atom is -0.478 e. The van der Waals surface area contributed by atoms with E-state index in [4.69, 9.17) is 5.11 Å². The molecule has 0 aromatic heterocycles. The molecule has 0 spiro atoms. The highest BCUT2D eigenvalue weighted by Crippen LogP contribution is 2.20. The molecular weight excluding hydrogens is 362 g/mol. The van der Waals surface area contributed by atoms with Gasteiger partial charge in [0.25, 0.3) is 0 Å². The summed E-state index contributed by atoms with van der Waals surface area (Å²) in [7, 11) is 0. The summed E-state index contributed by atoms with van der Waals surface area (Å²) in [5, 5.41) is 11.8. The molecule has 0 heterocycles.